The standard InChI is InChI=1S/C21H20ClN3O/c1-13-11-14(2)25(24-13)20-10-6-5-9-19(20)23-21(26)17-12-16(17)15-7-3-4-8-18(15)22/h3-11,16-17H,12H2,1-2H3,(H,23,26). The Labute approximate surface area is 157 Å². The van der Waals surface area contributed by atoms with Crippen molar-refractivity contribution in [1.29, 1.82) is 0 Å². The second-order valence-corrected chi connectivity index (χ2v) is 7.22. The predicted molar refractivity (Wildman–Crippen MR) is 104 cm³/mol. The van der Waals surface area contributed by atoms with Crippen LogP contribution in [0.15, 0.2) is 54.6 Å². The molecule has 0 aliphatic heterocycles. The molecule has 1 heterocycles. The minimum atomic E-state index is -0.0385. The zero-order valence-corrected chi connectivity index (χ0v) is 15.5. The molecule has 0 radical (unpaired) electrons. The minimum Gasteiger partial charge on any atom is -0.324 e. The summed E-state index contributed by atoms with van der Waals surface area (Å²) >= 11 is 6.27. The third-order valence-corrected chi connectivity index (χ3v) is 5.18. The van der Waals surface area contributed by atoms with Crippen molar-refractivity contribution in [2.24, 2.45) is 5.92 Å². The molecule has 0 spiro atoms. The first-order valence-corrected chi connectivity index (χ1v) is 9.10. The Morgan fingerprint density at radius 2 is 1.88 bits per heavy atom. The van der Waals surface area contributed by atoms with Gasteiger partial charge in [0.15, 0.2) is 0 Å². The molecule has 2 aromatic carbocycles. The van der Waals surface area contributed by atoms with Gasteiger partial charge in [0.25, 0.3) is 0 Å². The number of nitrogens with zero attached hydrogens (tertiary/aromatic N) is 2. The number of para-hydroxylation sites is 2. The van der Waals surface area contributed by atoms with Crippen LogP contribution in [0.4, 0.5) is 5.69 Å². The van der Waals surface area contributed by atoms with Gasteiger partial charge in [-0.3, -0.25) is 4.79 Å². The number of amides is 1. The van der Waals surface area contributed by atoms with Crippen molar-refractivity contribution in [2.75, 3.05) is 5.32 Å². The number of hydrogen-bond donors (Lipinski definition) is 1. The van der Waals surface area contributed by atoms with Crippen molar-refractivity contribution in [3.63, 3.8) is 0 Å². The molecule has 1 amide bonds. The number of benzene rings is 2. The van der Waals surface area contributed by atoms with Gasteiger partial charge in [0.1, 0.15) is 0 Å². The molecule has 3 aromatic rings. The minimum absolute atomic E-state index is 0.0314. The number of aromatic nitrogens is 2. The highest BCUT2D eigenvalue weighted by atomic mass is 35.5. The quantitative estimate of drug-likeness (QED) is 0.715. The van der Waals surface area contributed by atoms with Crippen molar-refractivity contribution < 1.29 is 4.79 Å². The fourth-order valence-electron chi connectivity index (χ4n) is 3.47. The van der Waals surface area contributed by atoms with Crippen LogP contribution < -0.4 is 5.32 Å². The molecule has 4 nitrogen and oxygen atoms in total. The summed E-state index contributed by atoms with van der Waals surface area (Å²) in [6.07, 6.45) is 0.831. The van der Waals surface area contributed by atoms with E-state index in [-0.39, 0.29) is 17.7 Å². The van der Waals surface area contributed by atoms with Gasteiger partial charge in [-0.15, -0.1) is 0 Å². The molecule has 4 rings (SSSR count). The molecule has 1 fully saturated rings. The van der Waals surface area contributed by atoms with Crippen LogP contribution >= 0.6 is 11.6 Å². The predicted octanol–water partition coefficient (Wildman–Crippen LogP) is 4.88. The maximum absolute atomic E-state index is 12.8. The van der Waals surface area contributed by atoms with Crippen molar-refractivity contribution in [1.82, 2.24) is 9.78 Å². The largest absolute Gasteiger partial charge is 0.324 e. The van der Waals surface area contributed by atoms with Gasteiger partial charge in [-0.2, -0.15) is 5.10 Å². The summed E-state index contributed by atoms with van der Waals surface area (Å²) in [4.78, 5) is 12.8. The van der Waals surface area contributed by atoms with Crippen LogP contribution in [0, 0.1) is 19.8 Å². The van der Waals surface area contributed by atoms with Crippen LogP contribution in [0.5, 0.6) is 0 Å². The Morgan fingerprint density at radius 1 is 1.15 bits per heavy atom. The van der Waals surface area contributed by atoms with E-state index in [1.165, 1.54) is 0 Å². The highest BCUT2D eigenvalue weighted by Gasteiger charge is 2.44. The fourth-order valence-corrected chi connectivity index (χ4v) is 3.74. The molecule has 1 aromatic heterocycles. The number of halogens is 1. The highest BCUT2D eigenvalue weighted by molar-refractivity contribution is 6.31. The number of anilines is 1. The van der Waals surface area contributed by atoms with E-state index in [0.29, 0.717) is 0 Å². The third-order valence-electron chi connectivity index (χ3n) is 4.83. The van der Waals surface area contributed by atoms with E-state index in [0.717, 1.165) is 39.8 Å². The summed E-state index contributed by atoms with van der Waals surface area (Å²) in [5.74, 6) is 0.192. The van der Waals surface area contributed by atoms with Gasteiger partial charge in [0.2, 0.25) is 5.91 Å². The molecule has 26 heavy (non-hydrogen) atoms. The Hall–Kier alpha value is -2.59. The average molecular weight is 366 g/mol. The second-order valence-electron chi connectivity index (χ2n) is 6.82. The summed E-state index contributed by atoms with van der Waals surface area (Å²) in [5.41, 5.74) is 4.69. The maximum atomic E-state index is 12.8. The fraction of sp³-hybridized carbons (Fsp3) is 0.238. The molecule has 0 saturated heterocycles. The van der Waals surface area contributed by atoms with Crippen molar-refractivity contribution in [3.8, 4) is 5.69 Å². The van der Waals surface area contributed by atoms with Crippen molar-refractivity contribution >= 4 is 23.2 Å². The van der Waals surface area contributed by atoms with E-state index < -0.39 is 0 Å². The first kappa shape index (κ1) is 16.9. The Bertz CT molecular complexity index is 979. The normalized spacial score (nSPS) is 18.6. The molecule has 132 valence electrons. The number of aryl methyl sites for hydroxylation is 2. The lowest BCUT2D eigenvalue weighted by Crippen LogP contribution is -2.16. The molecule has 2 atom stereocenters. The summed E-state index contributed by atoms with van der Waals surface area (Å²) < 4.78 is 1.86. The summed E-state index contributed by atoms with van der Waals surface area (Å²) in [5, 5.41) is 8.35. The van der Waals surface area contributed by atoms with Crippen LogP contribution in [0.25, 0.3) is 5.69 Å². The van der Waals surface area contributed by atoms with E-state index in [9.17, 15) is 4.79 Å². The number of carbonyl (C=O) groups excluding carboxylic acids is 1. The third kappa shape index (κ3) is 3.13. The first-order valence-electron chi connectivity index (χ1n) is 8.72. The summed E-state index contributed by atoms with van der Waals surface area (Å²) in [7, 11) is 0. The van der Waals surface area contributed by atoms with Gasteiger partial charge in [-0.05, 0) is 56.0 Å². The SMILES string of the molecule is Cc1cc(C)n(-c2ccccc2NC(=O)C2CC2c2ccccc2Cl)n1. The van der Waals surface area contributed by atoms with Crippen LogP contribution in [-0.4, -0.2) is 15.7 Å². The van der Waals surface area contributed by atoms with Gasteiger partial charge in [0, 0.05) is 16.6 Å². The van der Waals surface area contributed by atoms with Crippen molar-refractivity contribution in [3.05, 3.63) is 76.6 Å². The number of hydrogen-bond acceptors (Lipinski definition) is 2. The van der Waals surface area contributed by atoms with Gasteiger partial charge in [-0.1, -0.05) is 41.9 Å². The molecule has 1 N–H and O–H groups in total. The zero-order valence-electron chi connectivity index (χ0n) is 14.7. The highest BCUT2D eigenvalue weighted by Crippen LogP contribution is 2.50. The topological polar surface area (TPSA) is 46.9 Å². The molecule has 1 saturated carbocycles. The maximum Gasteiger partial charge on any atom is 0.228 e. The van der Waals surface area contributed by atoms with Gasteiger partial charge in [-0.25, -0.2) is 4.68 Å². The van der Waals surface area contributed by atoms with Crippen LogP contribution in [0.1, 0.15) is 29.3 Å². The van der Waals surface area contributed by atoms with Crippen LogP contribution in [0.3, 0.4) is 0 Å². The van der Waals surface area contributed by atoms with Gasteiger partial charge >= 0.3 is 0 Å². The molecule has 1 aliphatic rings. The smallest absolute Gasteiger partial charge is 0.228 e. The van der Waals surface area contributed by atoms with E-state index in [1.54, 1.807) is 0 Å². The van der Waals surface area contributed by atoms with Crippen LogP contribution in [0.2, 0.25) is 5.02 Å². The summed E-state index contributed by atoms with van der Waals surface area (Å²) in [6, 6.07) is 17.5. The molecule has 5 heteroatoms. The Balaban J connectivity index is 1.55. The molecule has 1 aliphatic carbocycles. The summed E-state index contributed by atoms with van der Waals surface area (Å²) in [6.45, 7) is 3.97. The van der Waals surface area contributed by atoms with E-state index in [1.807, 2.05) is 73.1 Å². The lowest BCUT2D eigenvalue weighted by molar-refractivity contribution is -0.117. The number of carbonyl (C=O) groups is 1. The molecular weight excluding hydrogens is 346 g/mol. The number of nitrogens with one attached hydrogen (secondary N) is 1. The molecule has 0 bridgehead atoms. The van der Waals surface area contributed by atoms with Crippen LogP contribution in [-0.2, 0) is 4.79 Å². The average Bonchev–Trinajstić information content (AvgIpc) is 3.34. The Morgan fingerprint density at radius 3 is 2.62 bits per heavy atom. The zero-order chi connectivity index (χ0) is 18.3. The molecule has 2 unspecified atom stereocenters. The Kier molecular flexibility index (Phi) is 4.29. The van der Waals surface area contributed by atoms with E-state index in [4.69, 9.17) is 11.6 Å². The second kappa shape index (κ2) is 6.61. The number of rotatable bonds is 4. The monoisotopic (exact) mass is 365 g/mol. The molecular formula is C21H20ClN3O. The van der Waals surface area contributed by atoms with Gasteiger partial charge in [0.05, 0.1) is 17.1 Å². The van der Waals surface area contributed by atoms with E-state index >= 15 is 0 Å². The van der Waals surface area contributed by atoms with Gasteiger partial charge < -0.3 is 5.32 Å². The van der Waals surface area contributed by atoms with E-state index in [2.05, 4.69) is 10.4 Å². The lowest BCUT2D eigenvalue weighted by atomic mass is 10.1. The lowest BCUT2D eigenvalue weighted by Gasteiger charge is -2.12. The first-order chi connectivity index (χ1) is 12.5. The van der Waals surface area contributed by atoms with Crippen molar-refractivity contribution in [2.45, 2.75) is 26.2 Å².